The summed E-state index contributed by atoms with van der Waals surface area (Å²) in [6.07, 6.45) is 46.7. The van der Waals surface area contributed by atoms with Crippen LogP contribution in [-0.4, -0.2) is 107 Å². The molecule has 71 heavy (non-hydrogen) atoms. The fraction of sp³-hybridized carbons (Fsp3) is 0.912. The second-order valence-electron chi connectivity index (χ2n) is 20.7. The number of aliphatic hydroxyl groups is 5. The monoisotopic (exact) mass is 1030 g/mol. The van der Waals surface area contributed by atoms with Gasteiger partial charge in [0.05, 0.1) is 25.4 Å². The van der Waals surface area contributed by atoms with Gasteiger partial charge in [-0.15, -0.1) is 0 Å². The van der Waals surface area contributed by atoms with Gasteiger partial charge in [-0.25, -0.2) is 4.18 Å². The summed E-state index contributed by atoms with van der Waals surface area (Å²) >= 11 is 0. The minimum absolute atomic E-state index is 0.260. The molecule has 1 fully saturated rings. The Labute approximate surface area is 434 Å². The van der Waals surface area contributed by atoms with Crippen molar-refractivity contribution in [3.05, 3.63) is 24.3 Å². The predicted molar refractivity (Wildman–Crippen MR) is 288 cm³/mol. The number of hydrogen-bond donors (Lipinski definition) is 7. The Hall–Kier alpha value is -1.46. The van der Waals surface area contributed by atoms with Crippen LogP contribution in [0.15, 0.2) is 24.3 Å². The number of amides is 1. The number of hydrogen-bond acceptors (Lipinski definition) is 11. The van der Waals surface area contributed by atoms with E-state index in [-0.39, 0.29) is 6.42 Å². The van der Waals surface area contributed by atoms with Crippen molar-refractivity contribution >= 4 is 16.3 Å². The average molecular weight is 1030 g/mol. The van der Waals surface area contributed by atoms with Gasteiger partial charge in [0.15, 0.2) is 6.29 Å². The molecule has 0 aromatic carbocycles. The van der Waals surface area contributed by atoms with Crippen LogP contribution < -0.4 is 5.32 Å². The maximum atomic E-state index is 13.0. The minimum Gasteiger partial charge on any atom is -0.394 e. The molecule has 420 valence electrons. The summed E-state index contributed by atoms with van der Waals surface area (Å²) in [6, 6.07) is -1.03. The van der Waals surface area contributed by atoms with E-state index in [1.54, 1.807) is 0 Å². The fourth-order valence-electron chi connectivity index (χ4n) is 9.50. The third kappa shape index (κ3) is 38.7. The van der Waals surface area contributed by atoms with Crippen molar-refractivity contribution in [3.63, 3.8) is 0 Å². The molecule has 1 rings (SSSR count). The van der Waals surface area contributed by atoms with Gasteiger partial charge in [0.1, 0.15) is 30.5 Å². The largest absolute Gasteiger partial charge is 0.397 e. The number of ether oxygens (including phenoxy) is 2. The van der Waals surface area contributed by atoms with Crippen LogP contribution in [0, 0.1) is 0 Å². The van der Waals surface area contributed by atoms with E-state index in [2.05, 4.69) is 47.7 Å². The lowest BCUT2D eigenvalue weighted by Crippen LogP contribution is -2.61. The molecule has 0 aliphatic carbocycles. The van der Waals surface area contributed by atoms with Gasteiger partial charge in [0.25, 0.3) is 0 Å². The average Bonchev–Trinajstić information content (AvgIpc) is 3.35. The smallest absolute Gasteiger partial charge is 0.394 e. The number of rotatable bonds is 51. The van der Waals surface area contributed by atoms with Crippen molar-refractivity contribution in [1.82, 2.24) is 5.32 Å². The molecule has 7 N–H and O–H groups in total. The van der Waals surface area contributed by atoms with Gasteiger partial charge >= 0.3 is 10.4 Å². The molecule has 0 bridgehead atoms. The van der Waals surface area contributed by atoms with Crippen molar-refractivity contribution in [1.29, 1.82) is 0 Å². The molecule has 0 spiro atoms. The van der Waals surface area contributed by atoms with Crippen LogP contribution in [0.2, 0.25) is 0 Å². The molecule has 1 aliphatic heterocycles. The zero-order valence-electron chi connectivity index (χ0n) is 45.2. The van der Waals surface area contributed by atoms with Crippen molar-refractivity contribution in [2.45, 2.75) is 320 Å². The Kier molecular flexibility index (Phi) is 44.7. The first kappa shape index (κ1) is 67.6. The van der Waals surface area contributed by atoms with E-state index >= 15 is 0 Å². The number of aliphatic hydroxyl groups excluding tert-OH is 5. The lowest BCUT2D eigenvalue weighted by Gasteiger charge is -2.41. The Morgan fingerprint density at radius 3 is 1.35 bits per heavy atom. The number of nitrogens with one attached hydrogen (secondary N) is 1. The first-order valence-electron chi connectivity index (χ1n) is 29.3. The third-order valence-electron chi connectivity index (χ3n) is 14.1. The molecule has 1 heterocycles. The van der Waals surface area contributed by atoms with Crippen molar-refractivity contribution in [3.8, 4) is 0 Å². The topological polar surface area (TPSA) is 212 Å². The first-order valence-corrected chi connectivity index (χ1v) is 30.7. The van der Waals surface area contributed by atoms with Gasteiger partial charge in [-0.3, -0.25) is 9.35 Å². The van der Waals surface area contributed by atoms with Gasteiger partial charge in [-0.2, -0.15) is 8.42 Å². The maximum Gasteiger partial charge on any atom is 0.397 e. The van der Waals surface area contributed by atoms with Crippen LogP contribution in [-0.2, 0) is 28.9 Å². The maximum absolute atomic E-state index is 13.0. The summed E-state index contributed by atoms with van der Waals surface area (Å²) in [6.45, 7) is 3.14. The number of allylic oxidation sites excluding steroid dienone is 4. The van der Waals surface area contributed by atoms with E-state index in [1.165, 1.54) is 186 Å². The van der Waals surface area contributed by atoms with Crippen LogP contribution >= 0.6 is 0 Å². The van der Waals surface area contributed by atoms with Crippen LogP contribution in [0.5, 0.6) is 0 Å². The Morgan fingerprint density at radius 1 is 0.563 bits per heavy atom. The summed E-state index contributed by atoms with van der Waals surface area (Å²) in [5.74, 6) is -0.676. The van der Waals surface area contributed by atoms with E-state index in [4.69, 9.17) is 14.0 Å². The van der Waals surface area contributed by atoms with Crippen LogP contribution in [0.25, 0.3) is 0 Å². The molecule has 1 aliphatic rings. The fourth-order valence-corrected chi connectivity index (χ4v) is 10.0. The molecule has 0 aromatic heterocycles. The number of unbranched alkanes of at least 4 members (excludes halogenated alkanes) is 34. The molecule has 14 heteroatoms. The molecule has 8 atom stereocenters. The minimum atomic E-state index is -5.10. The molecule has 0 radical (unpaired) electrons. The third-order valence-corrected chi connectivity index (χ3v) is 14.6. The standard InChI is InChI=1S/C57H109NO12S/c1-3-5-7-9-10-11-12-13-14-15-16-17-18-19-20-21-22-23-24-25-26-27-28-29-30-31-32-33-34-35-36-37-38-39-40-41-42-44-46-51(61)56(64)58-49(50(60)45-43-8-6-4-2)48-68-57-54(63)55(70-71(65,66)67)53(62)52(47-59)69-57/h22-23,25-26,49-55,57,59-63H,3-21,24,27-48H2,1-2H3,(H,58,64)(H,65,66,67)/b23-22-,26-25-. The van der Waals surface area contributed by atoms with E-state index in [1.807, 2.05) is 0 Å². The van der Waals surface area contributed by atoms with Crippen molar-refractivity contribution in [2.24, 2.45) is 0 Å². The van der Waals surface area contributed by atoms with Gasteiger partial charge in [-0.1, -0.05) is 250 Å². The molecule has 0 saturated carbocycles. The molecular formula is C57H109NO12S. The predicted octanol–water partition coefficient (Wildman–Crippen LogP) is 12.6. The summed E-state index contributed by atoms with van der Waals surface area (Å²) in [5, 5.41) is 54.9. The summed E-state index contributed by atoms with van der Waals surface area (Å²) in [4.78, 5) is 13.0. The molecular weight excluding hydrogens is 923 g/mol. The SMILES string of the molecule is CCCCCCCCCCCCCCCCC/C=C\C/C=C\CCCCCCCCCCCCCCCCCCC(O)C(=O)NC(COC1OC(CO)C(O)C(OS(=O)(=O)O)C1O)C(O)CCCCCC. The molecule has 13 nitrogen and oxygen atoms in total. The molecule has 0 aromatic rings. The van der Waals surface area contributed by atoms with Gasteiger partial charge in [-0.05, 0) is 44.9 Å². The number of carbonyl (C=O) groups excluding carboxylic acids is 1. The van der Waals surface area contributed by atoms with Gasteiger partial charge < -0.3 is 40.3 Å². The first-order chi connectivity index (χ1) is 34.4. The second-order valence-corrected chi connectivity index (χ2v) is 21.8. The quantitative estimate of drug-likeness (QED) is 0.0172. The van der Waals surface area contributed by atoms with Gasteiger partial charge in [0, 0.05) is 0 Å². The van der Waals surface area contributed by atoms with Crippen molar-refractivity contribution < 1.29 is 57.0 Å². The highest BCUT2D eigenvalue weighted by molar-refractivity contribution is 7.80. The number of carbonyl (C=O) groups is 1. The van der Waals surface area contributed by atoms with E-state index in [9.17, 15) is 38.7 Å². The van der Waals surface area contributed by atoms with Crippen LogP contribution in [0.3, 0.4) is 0 Å². The Morgan fingerprint density at radius 2 is 0.944 bits per heavy atom. The highest BCUT2D eigenvalue weighted by Gasteiger charge is 2.48. The Bertz CT molecular complexity index is 1370. The summed E-state index contributed by atoms with van der Waals surface area (Å²) < 4.78 is 47.3. The van der Waals surface area contributed by atoms with E-state index < -0.39 is 78.5 Å². The zero-order chi connectivity index (χ0) is 52.1. The lowest BCUT2D eigenvalue weighted by atomic mass is 9.99. The Balaban J connectivity index is 2.05. The van der Waals surface area contributed by atoms with E-state index in [0.29, 0.717) is 19.3 Å². The highest BCUT2D eigenvalue weighted by atomic mass is 32.3. The normalized spacial score (nSPS) is 20.0. The van der Waals surface area contributed by atoms with Crippen molar-refractivity contribution in [2.75, 3.05) is 13.2 Å². The highest BCUT2D eigenvalue weighted by Crippen LogP contribution is 2.26. The zero-order valence-corrected chi connectivity index (χ0v) is 46.0. The molecule has 1 saturated heterocycles. The molecule has 1 amide bonds. The summed E-state index contributed by atoms with van der Waals surface area (Å²) in [7, 11) is -5.10. The van der Waals surface area contributed by atoms with E-state index in [0.717, 1.165) is 44.9 Å². The molecule has 8 unspecified atom stereocenters. The van der Waals surface area contributed by atoms with Crippen LogP contribution in [0.1, 0.15) is 271 Å². The van der Waals surface area contributed by atoms with Crippen LogP contribution in [0.4, 0.5) is 0 Å². The summed E-state index contributed by atoms with van der Waals surface area (Å²) in [5.41, 5.74) is 0. The lowest BCUT2D eigenvalue weighted by molar-refractivity contribution is -0.298. The second kappa shape index (κ2) is 47.0. The van der Waals surface area contributed by atoms with Gasteiger partial charge in [0.2, 0.25) is 5.91 Å².